The molecule has 0 saturated heterocycles. The summed E-state index contributed by atoms with van der Waals surface area (Å²) in [6.45, 7) is 0.896. The number of nitrogens with one attached hydrogen (secondary N) is 2. The normalized spacial score (nSPS) is 10.3. The van der Waals surface area contributed by atoms with Crippen molar-refractivity contribution in [3.63, 3.8) is 0 Å². The molecule has 0 atom stereocenters. The van der Waals surface area contributed by atoms with Gasteiger partial charge in [0.15, 0.2) is 3.95 Å². The van der Waals surface area contributed by atoms with Crippen molar-refractivity contribution in [3.05, 3.63) is 26.3 Å². The molecule has 0 unspecified atom stereocenters. The van der Waals surface area contributed by atoms with E-state index in [1.165, 1.54) is 16.9 Å². The van der Waals surface area contributed by atoms with Crippen molar-refractivity contribution in [2.45, 2.75) is 6.42 Å². The van der Waals surface area contributed by atoms with Gasteiger partial charge < -0.3 is 5.32 Å². The summed E-state index contributed by atoms with van der Waals surface area (Å²) in [6, 6.07) is 2.14. The molecule has 0 amide bonds. The SMILES string of the molecule is S=c1[nH]nc(NCCc2ccsc2)s1. The summed E-state index contributed by atoms with van der Waals surface area (Å²) in [5, 5.41) is 15.1. The summed E-state index contributed by atoms with van der Waals surface area (Å²) < 4.78 is 0.711. The molecule has 2 rings (SSSR count). The van der Waals surface area contributed by atoms with E-state index in [2.05, 4.69) is 32.3 Å². The molecule has 0 aromatic carbocycles. The molecule has 0 fully saturated rings. The number of H-pyrrole nitrogens is 1. The molecular weight excluding hydrogens is 234 g/mol. The van der Waals surface area contributed by atoms with Crippen molar-refractivity contribution in [2.24, 2.45) is 0 Å². The maximum absolute atomic E-state index is 4.93. The number of aromatic nitrogens is 2. The first-order valence-electron chi connectivity index (χ1n) is 4.15. The largest absolute Gasteiger partial charge is 0.360 e. The van der Waals surface area contributed by atoms with Gasteiger partial charge in [0.2, 0.25) is 5.13 Å². The van der Waals surface area contributed by atoms with Gasteiger partial charge in [0.05, 0.1) is 0 Å². The number of thiophene rings is 1. The zero-order valence-corrected chi connectivity index (χ0v) is 9.77. The minimum atomic E-state index is 0.711. The third-order valence-electron chi connectivity index (χ3n) is 1.71. The molecule has 2 aromatic rings. The second-order valence-electron chi connectivity index (χ2n) is 2.73. The number of hydrogen-bond donors (Lipinski definition) is 2. The van der Waals surface area contributed by atoms with Crippen LogP contribution in [0.15, 0.2) is 16.8 Å². The average molecular weight is 243 g/mol. The lowest BCUT2D eigenvalue weighted by atomic mass is 10.2. The Kier molecular flexibility index (Phi) is 3.28. The lowest BCUT2D eigenvalue weighted by molar-refractivity contribution is 0.997. The quantitative estimate of drug-likeness (QED) is 0.811. The van der Waals surface area contributed by atoms with E-state index >= 15 is 0 Å². The maximum atomic E-state index is 4.93. The van der Waals surface area contributed by atoms with Crippen LogP contribution in [-0.4, -0.2) is 16.7 Å². The van der Waals surface area contributed by atoms with Gasteiger partial charge in [-0.1, -0.05) is 11.3 Å². The second-order valence-corrected chi connectivity index (χ2v) is 5.17. The van der Waals surface area contributed by atoms with Gasteiger partial charge in [0, 0.05) is 6.54 Å². The topological polar surface area (TPSA) is 40.7 Å². The van der Waals surface area contributed by atoms with Crippen LogP contribution >= 0.6 is 34.9 Å². The highest BCUT2D eigenvalue weighted by molar-refractivity contribution is 7.73. The van der Waals surface area contributed by atoms with Gasteiger partial charge in [-0.25, -0.2) is 0 Å². The van der Waals surface area contributed by atoms with Crippen LogP contribution in [0.5, 0.6) is 0 Å². The van der Waals surface area contributed by atoms with Crippen LogP contribution in [0.25, 0.3) is 0 Å². The molecule has 0 aliphatic heterocycles. The van der Waals surface area contributed by atoms with E-state index in [0.717, 1.165) is 18.1 Å². The molecule has 0 spiro atoms. The fourth-order valence-corrected chi connectivity index (χ4v) is 2.57. The molecule has 2 aromatic heterocycles. The Hall–Kier alpha value is -0.720. The Labute approximate surface area is 94.8 Å². The third kappa shape index (κ3) is 2.63. The maximum Gasteiger partial charge on any atom is 0.204 e. The van der Waals surface area contributed by atoms with Crippen LogP contribution in [0.1, 0.15) is 5.56 Å². The van der Waals surface area contributed by atoms with E-state index in [9.17, 15) is 0 Å². The standard InChI is InChI=1S/C8H9N3S3/c12-8-11-10-7(14-8)9-3-1-6-2-4-13-5-6/h2,4-5H,1,3H2,(H,9,10)(H,11,12). The number of nitrogens with zero attached hydrogens (tertiary/aromatic N) is 1. The zero-order chi connectivity index (χ0) is 9.80. The molecule has 2 N–H and O–H groups in total. The van der Waals surface area contributed by atoms with Crippen molar-refractivity contribution in [2.75, 3.05) is 11.9 Å². The summed E-state index contributed by atoms with van der Waals surface area (Å²) in [5.41, 5.74) is 1.36. The molecular formula is C8H9N3S3. The molecule has 0 aliphatic rings. The Bertz CT molecular complexity index is 429. The summed E-state index contributed by atoms with van der Waals surface area (Å²) >= 11 is 8.12. The molecule has 3 nitrogen and oxygen atoms in total. The lowest BCUT2D eigenvalue weighted by Crippen LogP contribution is -2.03. The Morgan fingerprint density at radius 1 is 1.57 bits per heavy atom. The monoisotopic (exact) mass is 243 g/mol. The zero-order valence-electron chi connectivity index (χ0n) is 7.32. The minimum absolute atomic E-state index is 0.711. The summed E-state index contributed by atoms with van der Waals surface area (Å²) in [6.07, 6.45) is 1.02. The van der Waals surface area contributed by atoms with Gasteiger partial charge >= 0.3 is 0 Å². The number of rotatable bonds is 4. The van der Waals surface area contributed by atoms with Gasteiger partial charge in [-0.15, -0.1) is 5.10 Å². The lowest BCUT2D eigenvalue weighted by Gasteiger charge is -1.98. The first-order valence-corrected chi connectivity index (χ1v) is 6.32. The molecule has 74 valence electrons. The average Bonchev–Trinajstić information content (AvgIpc) is 2.77. The van der Waals surface area contributed by atoms with Crippen LogP contribution in [0.3, 0.4) is 0 Å². The van der Waals surface area contributed by atoms with Crippen LogP contribution in [0, 0.1) is 3.95 Å². The van der Waals surface area contributed by atoms with E-state index in [1.807, 2.05) is 0 Å². The first-order chi connectivity index (χ1) is 6.84. The highest BCUT2D eigenvalue weighted by Crippen LogP contribution is 2.11. The van der Waals surface area contributed by atoms with Gasteiger partial charge in [0.1, 0.15) is 0 Å². The fourth-order valence-electron chi connectivity index (χ4n) is 1.05. The number of aromatic amines is 1. The molecule has 0 radical (unpaired) electrons. The van der Waals surface area contributed by atoms with Crippen molar-refractivity contribution >= 4 is 40.0 Å². The van der Waals surface area contributed by atoms with Crippen LogP contribution < -0.4 is 5.32 Å². The van der Waals surface area contributed by atoms with Crippen LogP contribution in [-0.2, 0) is 6.42 Å². The molecule has 2 heterocycles. The molecule has 0 saturated carbocycles. The van der Waals surface area contributed by atoms with Gasteiger partial charge in [-0.3, -0.25) is 5.10 Å². The van der Waals surface area contributed by atoms with Crippen molar-refractivity contribution in [3.8, 4) is 0 Å². The number of hydrogen-bond acceptors (Lipinski definition) is 5. The van der Waals surface area contributed by atoms with E-state index in [4.69, 9.17) is 12.2 Å². The van der Waals surface area contributed by atoms with Gasteiger partial charge in [-0.2, -0.15) is 11.3 Å². The van der Waals surface area contributed by atoms with Crippen molar-refractivity contribution in [1.82, 2.24) is 10.2 Å². The molecule has 14 heavy (non-hydrogen) atoms. The van der Waals surface area contributed by atoms with E-state index in [0.29, 0.717) is 3.95 Å². The van der Waals surface area contributed by atoms with Gasteiger partial charge in [0.25, 0.3) is 0 Å². The van der Waals surface area contributed by atoms with Crippen LogP contribution in [0.2, 0.25) is 0 Å². The second kappa shape index (κ2) is 4.68. The number of anilines is 1. The Balaban J connectivity index is 1.81. The van der Waals surface area contributed by atoms with Crippen molar-refractivity contribution < 1.29 is 0 Å². The Morgan fingerprint density at radius 2 is 2.50 bits per heavy atom. The molecule has 0 aliphatic carbocycles. The summed E-state index contributed by atoms with van der Waals surface area (Å²) in [4.78, 5) is 0. The highest BCUT2D eigenvalue weighted by atomic mass is 32.1. The van der Waals surface area contributed by atoms with Gasteiger partial charge in [-0.05, 0) is 41.0 Å². The summed E-state index contributed by atoms with van der Waals surface area (Å²) in [7, 11) is 0. The Morgan fingerprint density at radius 3 is 3.14 bits per heavy atom. The third-order valence-corrected chi connectivity index (χ3v) is 3.49. The first kappa shape index (κ1) is 9.82. The predicted molar refractivity (Wildman–Crippen MR) is 63.8 cm³/mol. The summed E-state index contributed by atoms with van der Waals surface area (Å²) in [5.74, 6) is 0. The minimum Gasteiger partial charge on any atom is -0.360 e. The van der Waals surface area contributed by atoms with E-state index in [1.54, 1.807) is 11.3 Å². The van der Waals surface area contributed by atoms with Crippen molar-refractivity contribution in [1.29, 1.82) is 0 Å². The predicted octanol–water partition coefficient (Wildman–Crippen LogP) is 2.92. The smallest absolute Gasteiger partial charge is 0.204 e. The van der Waals surface area contributed by atoms with E-state index in [-0.39, 0.29) is 0 Å². The van der Waals surface area contributed by atoms with E-state index < -0.39 is 0 Å². The fraction of sp³-hybridized carbons (Fsp3) is 0.250. The molecule has 6 heteroatoms. The molecule has 0 bridgehead atoms. The van der Waals surface area contributed by atoms with Crippen LogP contribution in [0.4, 0.5) is 5.13 Å². The highest BCUT2D eigenvalue weighted by Gasteiger charge is 1.96.